The maximum atomic E-state index is 10.7. The summed E-state index contributed by atoms with van der Waals surface area (Å²) in [5.41, 5.74) is 0.736. The predicted molar refractivity (Wildman–Crippen MR) is 64.6 cm³/mol. The summed E-state index contributed by atoms with van der Waals surface area (Å²) in [7, 11) is 1.40. The van der Waals surface area contributed by atoms with Gasteiger partial charge in [0.05, 0.1) is 18.6 Å². The van der Waals surface area contributed by atoms with Crippen molar-refractivity contribution in [1.29, 1.82) is 0 Å². The predicted octanol–water partition coefficient (Wildman–Crippen LogP) is 1.42. The Kier molecular flexibility index (Phi) is 4.71. The Labute approximate surface area is 99.6 Å². The number of nitro benzene ring substituents is 1. The van der Waals surface area contributed by atoms with Crippen molar-refractivity contribution in [2.75, 3.05) is 31.7 Å². The van der Waals surface area contributed by atoms with Gasteiger partial charge in [0.2, 0.25) is 0 Å². The fourth-order valence-corrected chi connectivity index (χ4v) is 1.60. The zero-order chi connectivity index (χ0) is 12.8. The first kappa shape index (κ1) is 13.2. The Hall–Kier alpha value is -1.82. The van der Waals surface area contributed by atoms with Gasteiger partial charge in [-0.25, -0.2) is 0 Å². The van der Waals surface area contributed by atoms with Crippen LogP contribution in [0.3, 0.4) is 0 Å². The molecule has 6 nitrogen and oxygen atoms in total. The van der Waals surface area contributed by atoms with E-state index in [1.54, 1.807) is 12.1 Å². The molecule has 1 aromatic rings. The number of aliphatic hydroxyl groups excluding tert-OH is 1. The minimum atomic E-state index is -0.481. The molecule has 17 heavy (non-hydrogen) atoms. The number of nitrogens with zero attached hydrogens (tertiary/aromatic N) is 2. The molecule has 0 aromatic heterocycles. The number of benzene rings is 1. The highest BCUT2D eigenvalue weighted by atomic mass is 16.6. The topological polar surface area (TPSA) is 75.8 Å². The molecule has 1 aromatic carbocycles. The van der Waals surface area contributed by atoms with Crippen molar-refractivity contribution in [3.05, 3.63) is 28.3 Å². The van der Waals surface area contributed by atoms with Gasteiger partial charge in [-0.05, 0) is 13.0 Å². The minimum Gasteiger partial charge on any atom is -0.490 e. The number of methoxy groups -OCH3 is 1. The first-order chi connectivity index (χ1) is 8.13. The lowest BCUT2D eigenvalue weighted by Crippen LogP contribution is -2.26. The van der Waals surface area contributed by atoms with E-state index in [1.165, 1.54) is 13.2 Å². The van der Waals surface area contributed by atoms with Crippen molar-refractivity contribution in [3.63, 3.8) is 0 Å². The number of ether oxygens (including phenoxy) is 1. The van der Waals surface area contributed by atoms with Crippen molar-refractivity contribution < 1.29 is 14.8 Å². The Morgan fingerprint density at radius 3 is 2.71 bits per heavy atom. The third-order valence-corrected chi connectivity index (χ3v) is 2.48. The van der Waals surface area contributed by atoms with E-state index in [1.807, 2.05) is 11.8 Å². The van der Waals surface area contributed by atoms with Crippen LogP contribution in [0.5, 0.6) is 5.75 Å². The van der Waals surface area contributed by atoms with Crippen LogP contribution in [-0.4, -0.2) is 36.8 Å². The van der Waals surface area contributed by atoms with Crippen molar-refractivity contribution in [2.24, 2.45) is 0 Å². The second kappa shape index (κ2) is 6.05. The van der Waals surface area contributed by atoms with Crippen LogP contribution in [0.25, 0.3) is 0 Å². The average Bonchev–Trinajstić information content (AvgIpc) is 2.34. The third-order valence-electron chi connectivity index (χ3n) is 2.48. The van der Waals surface area contributed by atoms with Crippen LogP contribution in [0.4, 0.5) is 11.4 Å². The van der Waals surface area contributed by atoms with E-state index >= 15 is 0 Å². The summed E-state index contributed by atoms with van der Waals surface area (Å²) >= 11 is 0. The average molecular weight is 240 g/mol. The molecule has 0 aliphatic carbocycles. The molecule has 0 bridgehead atoms. The van der Waals surface area contributed by atoms with Crippen LogP contribution in [0.15, 0.2) is 18.2 Å². The molecule has 0 spiro atoms. The van der Waals surface area contributed by atoms with Gasteiger partial charge in [-0.1, -0.05) is 0 Å². The second-order valence-corrected chi connectivity index (χ2v) is 3.42. The molecular formula is C11H16N2O4. The summed E-state index contributed by atoms with van der Waals surface area (Å²) in [6, 6.07) is 4.67. The normalized spacial score (nSPS) is 10.1. The fraction of sp³-hybridized carbons (Fsp3) is 0.455. The number of aliphatic hydroxyl groups is 1. The highest BCUT2D eigenvalue weighted by molar-refractivity contribution is 5.59. The highest BCUT2D eigenvalue weighted by Crippen LogP contribution is 2.31. The summed E-state index contributed by atoms with van der Waals surface area (Å²) in [5.74, 6) is 0.226. The number of nitro groups is 1. The summed E-state index contributed by atoms with van der Waals surface area (Å²) in [4.78, 5) is 12.2. The van der Waals surface area contributed by atoms with Crippen LogP contribution in [-0.2, 0) is 0 Å². The number of hydrogen-bond acceptors (Lipinski definition) is 5. The van der Waals surface area contributed by atoms with Crippen molar-refractivity contribution in [2.45, 2.75) is 6.92 Å². The summed E-state index contributed by atoms with van der Waals surface area (Å²) in [6.45, 7) is 3.18. The molecule has 1 rings (SSSR count). The third kappa shape index (κ3) is 3.07. The standard InChI is InChI=1S/C11H16N2O4/c1-3-12(6-7-14)9-4-5-10(13(15)16)11(8-9)17-2/h4-5,8,14H,3,6-7H2,1-2H3. The molecule has 0 fully saturated rings. The van der Waals surface area contributed by atoms with Gasteiger partial charge >= 0.3 is 5.69 Å². The Balaban J connectivity index is 3.07. The van der Waals surface area contributed by atoms with Gasteiger partial charge in [0, 0.05) is 30.9 Å². The zero-order valence-electron chi connectivity index (χ0n) is 9.92. The zero-order valence-corrected chi connectivity index (χ0v) is 9.92. The van der Waals surface area contributed by atoms with Gasteiger partial charge in [0.25, 0.3) is 0 Å². The van der Waals surface area contributed by atoms with Crippen molar-refractivity contribution >= 4 is 11.4 Å². The molecule has 0 heterocycles. The lowest BCUT2D eigenvalue weighted by Gasteiger charge is -2.22. The highest BCUT2D eigenvalue weighted by Gasteiger charge is 2.16. The molecule has 6 heteroatoms. The molecule has 0 amide bonds. The maximum Gasteiger partial charge on any atom is 0.311 e. The molecule has 0 aliphatic heterocycles. The van der Waals surface area contributed by atoms with Crippen LogP contribution < -0.4 is 9.64 Å². The van der Waals surface area contributed by atoms with Crippen LogP contribution in [0, 0.1) is 10.1 Å². The van der Waals surface area contributed by atoms with Crippen molar-refractivity contribution in [1.82, 2.24) is 0 Å². The summed E-state index contributed by atoms with van der Waals surface area (Å²) in [6.07, 6.45) is 0. The number of anilines is 1. The summed E-state index contributed by atoms with van der Waals surface area (Å²) in [5, 5.41) is 19.6. The van der Waals surface area contributed by atoms with Crippen LogP contribution >= 0.6 is 0 Å². The fourth-order valence-electron chi connectivity index (χ4n) is 1.60. The Bertz CT molecular complexity index is 395. The number of rotatable bonds is 6. The summed E-state index contributed by atoms with van der Waals surface area (Å²) < 4.78 is 4.99. The van der Waals surface area contributed by atoms with Gasteiger partial charge in [-0.15, -0.1) is 0 Å². The van der Waals surface area contributed by atoms with Gasteiger partial charge in [0.1, 0.15) is 0 Å². The van der Waals surface area contributed by atoms with Gasteiger partial charge in [0.15, 0.2) is 5.75 Å². The van der Waals surface area contributed by atoms with E-state index in [-0.39, 0.29) is 18.0 Å². The van der Waals surface area contributed by atoms with Gasteiger partial charge in [-0.2, -0.15) is 0 Å². The van der Waals surface area contributed by atoms with E-state index in [4.69, 9.17) is 9.84 Å². The minimum absolute atomic E-state index is 0.0349. The lowest BCUT2D eigenvalue weighted by atomic mass is 10.2. The molecule has 0 aliphatic rings. The number of likely N-dealkylation sites (N-methyl/N-ethyl adjacent to an activating group) is 1. The van der Waals surface area contributed by atoms with Crippen LogP contribution in [0.2, 0.25) is 0 Å². The molecule has 94 valence electrons. The quantitative estimate of drug-likeness (QED) is 0.601. The van der Waals surface area contributed by atoms with E-state index < -0.39 is 4.92 Å². The molecule has 0 unspecified atom stereocenters. The van der Waals surface area contributed by atoms with Crippen LogP contribution in [0.1, 0.15) is 6.92 Å². The van der Waals surface area contributed by atoms with Gasteiger partial charge < -0.3 is 14.7 Å². The molecule has 0 saturated carbocycles. The Morgan fingerprint density at radius 1 is 1.53 bits per heavy atom. The van der Waals surface area contributed by atoms with E-state index in [0.717, 1.165) is 5.69 Å². The smallest absolute Gasteiger partial charge is 0.311 e. The largest absolute Gasteiger partial charge is 0.490 e. The van der Waals surface area contributed by atoms with E-state index in [9.17, 15) is 10.1 Å². The van der Waals surface area contributed by atoms with E-state index in [2.05, 4.69) is 0 Å². The second-order valence-electron chi connectivity index (χ2n) is 3.42. The Morgan fingerprint density at radius 2 is 2.24 bits per heavy atom. The molecule has 0 saturated heterocycles. The monoisotopic (exact) mass is 240 g/mol. The molecule has 1 N–H and O–H groups in total. The molecule has 0 radical (unpaired) electrons. The first-order valence-corrected chi connectivity index (χ1v) is 5.32. The SMILES string of the molecule is CCN(CCO)c1ccc([N+](=O)[O-])c(OC)c1. The van der Waals surface area contributed by atoms with E-state index in [0.29, 0.717) is 13.1 Å². The first-order valence-electron chi connectivity index (χ1n) is 5.32. The molecule has 0 atom stereocenters. The maximum absolute atomic E-state index is 10.7. The van der Waals surface area contributed by atoms with Gasteiger partial charge in [-0.3, -0.25) is 10.1 Å². The molecular weight excluding hydrogens is 224 g/mol. The number of hydrogen-bond donors (Lipinski definition) is 1. The lowest BCUT2D eigenvalue weighted by molar-refractivity contribution is -0.385. The van der Waals surface area contributed by atoms with Crippen molar-refractivity contribution in [3.8, 4) is 5.75 Å².